The number of anilines is 1. The first kappa shape index (κ1) is 26.7. The minimum Gasteiger partial charge on any atom is -0.507 e. The standard InChI is InChI=1S/C27H22Cl3NO6/c1-13-8-9-15(11-18(13)28)31-22(14-6-5-7-16(10-14)35-2)20(24(33)27(31)34)23(32)17-12-19(29)26(37-4)21(30)25(17)36-3/h5-12,22,32H,1-4H3/b23-20+. The number of hydrogen-bond acceptors (Lipinski definition) is 6. The summed E-state index contributed by atoms with van der Waals surface area (Å²) in [6, 6.07) is 12.2. The van der Waals surface area contributed by atoms with Gasteiger partial charge in [0.15, 0.2) is 11.5 Å². The maximum Gasteiger partial charge on any atom is 0.300 e. The molecule has 7 nitrogen and oxygen atoms in total. The lowest BCUT2D eigenvalue weighted by molar-refractivity contribution is -0.132. The molecule has 1 aliphatic heterocycles. The highest BCUT2D eigenvalue weighted by atomic mass is 35.5. The SMILES string of the molecule is COc1cccc(C2/C(=C(\O)c3cc(Cl)c(OC)c(Cl)c3OC)C(=O)C(=O)N2c2ccc(C)c(Cl)c2)c1. The van der Waals surface area contributed by atoms with Crippen molar-refractivity contribution in [1.82, 2.24) is 0 Å². The number of carbonyl (C=O) groups is 2. The average molecular weight is 563 g/mol. The van der Waals surface area contributed by atoms with Crippen molar-refractivity contribution in [3.63, 3.8) is 0 Å². The molecule has 1 unspecified atom stereocenters. The van der Waals surface area contributed by atoms with Crippen molar-refractivity contribution in [2.75, 3.05) is 26.2 Å². The smallest absolute Gasteiger partial charge is 0.300 e. The summed E-state index contributed by atoms with van der Waals surface area (Å²) in [6.45, 7) is 1.82. The van der Waals surface area contributed by atoms with Gasteiger partial charge in [0.25, 0.3) is 11.7 Å². The van der Waals surface area contributed by atoms with Gasteiger partial charge >= 0.3 is 0 Å². The van der Waals surface area contributed by atoms with Crippen LogP contribution < -0.4 is 19.1 Å². The van der Waals surface area contributed by atoms with E-state index in [-0.39, 0.29) is 32.7 Å². The Morgan fingerprint density at radius 2 is 1.59 bits per heavy atom. The van der Waals surface area contributed by atoms with Gasteiger partial charge in [-0.3, -0.25) is 14.5 Å². The zero-order valence-corrected chi connectivity index (χ0v) is 22.5. The van der Waals surface area contributed by atoms with E-state index in [1.165, 1.54) is 32.3 Å². The van der Waals surface area contributed by atoms with Crippen molar-refractivity contribution in [1.29, 1.82) is 0 Å². The molecule has 37 heavy (non-hydrogen) atoms. The Balaban J connectivity index is 2.04. The van der Waals surface area contributed by atoms with E-state index >= 15 is 0 Å². The molecule has 1 fully saturated rings. The number of carbonyl (C=O) groups excluding carboxylic acids is 2. The number of methoxy groups -OCH3 is 3. The van der Waals surface area contributed by atoms with Gasteiger partial charge in [0.2, 0.25) is 0 Å². The van der Waals surface area contributed by atoms with Gasteiger partial charge in [0.05, 0.1) is 43.5 Å². The predicted molar refractivity (Wildman–Crippen MR) is 144 cm³/mol. The van der Waals surface area contributed by atoms with E-state index in [0.29, 0.717) is 22.0 Å². The molecule has 3 aromatic rings. The lowest BCUT2D eigenvalue weighted by Gasteiger charge is -2.26. The van der Waals surface area contributed by atoms with Crippen molar-refractivity contribution in [3.05, 3.63) is 85.9 Å². The summed E-state index contributed by atoms with van der Waals surface area (Å²) in [6.07, 6.45) is 0. The van der Waals surface area contributed by atoms with E-state index < -0.39 is 23.5 Å². The number of benzene rings is 3. The number of halogens is 3. The molecule has 3 aromatic carbocycles. The number of aliphatic hydroxyl groups is 1. The number of aryl methyl sites for hydroxylation is 1. The number of Topliss-reactive ketones (excluding diaryl/α,β-unsaturated/α-hetero) is 1. The summed E-state index contributed by atoms with van der Waals surface area (Å²) in [5, 5.41) is 12.0. The van der Waals surface area contributed by atoms with E-state index in [0.717, 1.165) is 5.56 Å². The molecular weight excluding hydrogens is 541 g/mol. The number of hydrogen-bond donors (Lipinski definition) is 1. The molecule has 1 amide bonds. The van der Waals surface area contributed by atoms with Crippen molar-refractivity contribution in [2.24, 2.45) is 0 Å². The average Bonchev–Trinajstić information content (AvgIpc) is 3.15. The monoisotopic (exact) mass is 561 g/mol. The zero-order chi connectivity index (χ0) is 27.0. The summed E-state index contributed by atoms with van der Waals surface area (Å²) in [5.74, 6) is -1.62. The third kappa shape index (κ3) is 4.59. The van der Waals surface area contributed by atoms with Crippen molar-refractivity contribution in [2.45, 2.75) is 13.0 Å². The van der Waals surface area contributed by atoms with Crippen LogP contribution in [0.5, 0.6) is 17.2 Å². The second-order valence-corrected chi connectivity index (χ2v) is 9.36. The van der Waals surface area contributed by atoms with Crippen LogP contribution in [0.15, 0.2) is 54.1 Å². The highest BCUT2D eigenvalue weighted by Gasteiger charge is 2.47. The molecule has 10 heteroatoms. The molecule has 0 aliphatic carbocycles. The van der Waals surface area contributed by atoms with Gasteiger partial charge in [-0.25, -0.2) is 0 Å². The Labute approximate surface area is 228 Å². The Morgan fingerprint density at radius 3 is 2.22 bits per heavy atom. The van der Waals surface area contributed by atoms with Gasteiger partial charge in [-0.2, -0.15) is 0 Å². The topological polar surface area (TPSA) is 85.3 Å². The maximum atomic E-state index is 13.5. The minimum absolute atomic E-state index is 0.00322. The lowest BCUT2D eigenvalue weighted by Crippen LogP contribution is -2.29. The quantitative estimate of drug-likeness (QED) is 0.207. The molecule has 0 radical (unpaired) electrons. The number of ether oxygens (including phenoxy) is 3. The van der Waals surface area contributed by atoms with E-state index in [1.54, 1.807) is 42.5 Å². The van der Waals surface area contributed by atoms with Crippen LogP contribution in [-0.2, 0) is 9.59 Å². The van der Waals surface area contributed by atoms with Crippen molar-refractivity contribution < 1.29 is 28.9 Å². The summed E-state index contributed by atoms with van der Waals surface area (Å²) in [5.41, 5.74) is 1.52. The summed E-state index contributed by atoms with van der Waals surface area (Å²) < 4.78 is 16.0. The Kier molecular flexibility index (Phi) is 7.59. The molecule has 0 bridgehead atoms. The Bertz CT molecular complexity index is 1450. The van der Waals surface area contributed by atoms with Gasteiger partial charge in [0, 0.05) is 10.7 Å². The van der Waals surface area contributed by atoms with Gasteiger partial charge in [-0.1, -0.05) is 53.0 Å². The molecule has 1 aliphatic rings. The van der Waals surface area contributed by atoms with Crippen molar-refractivity contribution >= 4 is 57.9 Å². The summed E-state index contributed by atoms with van der Waals surface area (Å²) in [7, 11) is 4.23. The highest BCUT2D eigenvalue weighted by Crippen LogP contribution is 2.48. The third-order valence-electron chi connectivity index (χ3n) is 6.08. The number of amides is 1. The van der Waals surface area contributed by atoms with Crippen LogP contribution in [0.1, 0.15) is 22.7 Å². The first-order chi connectivity index (χ1) is 17.6. The van der Waals surface area contributed by atoms with Crippen LogP contribution >= 0.6 is 34.8 Å². The largest absolute Gasteiger partial charge is 0.507 e. The van der Waals surface area contributed by atoms with Crippen LogP contribution in [0.2, 0.25) is 15.1 Å². The van der Waals surface area contributed by atoms with Crippen molar-refractivity contribution in [3.8, 4) is 17.2 Å². The first-order valence-electron chi connectivity index (χ1n) is 11.0. The number of rotatable bonds is 6. The third-order valence-corrected chi connectivity index (χ3v) is 7.11. The minimum atomic E-state index is -1.03. The molecule has 0 spiro atoms. The van der Waals surface area contributed by atoms with Crippen LogP contribution in [-0.4, -0.2) is 38.1 Å². The fraction of sp³-hybridized carbons (Fsp3) is 0.185. The van der Waals surface area contributed by atoms with Crippen LogP contribution in [0.4, 0.5) is 5.69 Å². The van der Waals surface area contributed by atoms with E-state index in [2.05, 4.69) is 0 Å². The Morgan fingerprint density at radius 1 is 0.892 bits per heavy atom. The van der Waals surface area contributed by atoms with E-state index in [4.69, 9.17) is 49.0 Å². The second-order valence-electron chi connectivity index (χ2n) is 8.17. The number of ketones is 1. The molecule has 1 N–H and O–H groups in total. The predicted octanol–water partition coefficient (Wildman–Crippen LogP) is 6.61. The molecule has 0 saturated carbocycles. The van der Waals surface area contributed by atoms with Gasteiger partial charge in [-0.15, -0.1) is 0 Å². The zero-order valence-electron chi connectivity index (χ0n) is 20.3. The molecule has 1 heterocycles. The lowest BCUT2D eigenvalue weighted by atomic mass is 9.94. The fourth-order valence-electron chi connectivity index (χ4n) is 4.25. The molecule has 1 atom stereocenters. The van der Waals surface area contributed by atoms with E-state index in [9.17, 15) is 14.7 Å². The second kappa shape index (κ2) is 10.5. The summed E-state index contributed by atoms with van der Waals surface area (Å²) in [4.78, 5) is 28.2. The van der Waals surface area contributed by atoms with Crippen LogP contribution in [0, 0.1) is 6.92 Å². The molecule has 0 aromatic heterocycles. The molecule has 192 valence electrons. The number of aliphatic hydroxyl groups excluding tert-OH is 1. The van der Waals surface area contributed by atoms with Gasteiger partial charge in [-0.05, 0) is 48.4 Å². The Hall–Kier alpha value is -3.39. The van der Waals surface area contributed by atoms with Crippen LogP contribution in [0.3, 0.4) is 0 Å². The molecule has 4 rings (SSSR count). The van der Waals surface area contributed by atoms with Gasteiger partial charge in [0.1, 0.15) is 16.5 Å². The molecular formula is C27H22Cl3NO6. The molecule has 1 saturated heterocycles. The fourth-order valence-corrected chi connectivity index (χ4v) is 5.11. The van der Waals surface area contributed by atoms with Crippen LogP contribution in [0.25, 0.3) is 5.76 Å². The first-order valence-corrected chi connectivity index (χ1v) is 12.1. The number of nitrogens with zero attached hydrogens (tertiary/aromatic N) is 1. The summed E-state index contributed by atoms with van der Waals surface area (Å²) >= 11 is 19.1. The highest BCUT2D eigenvalue weighted by molar-refractivity contribution is 6.52. The van der Waals surface area contributed by atoms with E-state index in [1.807, 2.05) is 6.92 Å². The van der Waals surface area contributed by atoms with Gasteiger partial charge < -0.3 is 19.3 Å². The normalized spacial score (nSPS) is 16.7. The maximum absolute atomic E-state index is 13.5.